The summed E-state index contributed by atoms with van der Waals surface area (Å²) in [4.78, 5) is 16.5. The van der Waals surface area contributed by atoms with Crippen LogP contribution in [-0.4, -0.2) is 37.9 Å². The molecule has 2 aromatic carbocycles. The summed E-state index contributed by atoms with van der Waals surface area (Å²) in [6.45, 7) is 2.41. The van der Waals surface area contributed by atoms with Crippen LogP contribution in [-0.2, 0) is 27.1 Å². The Hall–Kier alpha value is -3.16. The van der Waals surface area contributed by atoms with Gasteiger partial charge in [0, 0.05) is 35.6 Å². The fourth-order valence-corrected chi connectivity index (χ4v) is 4.53. The molecule has 166 valence electrons. The first-order valence-corrected chi connectivity index (χ1v) is 11.2. The van der Waals surface area contributed by atoms with Crippen molar-refractivity contribution in [1.29, 1.82) is 0 Å². The van der Waals surface area contributed by atoms with E-state index in [9.17, 15) is 4.79 Å². The van der Waals surface area contributed by atoms with Crippen LogP contribution >= 0.6 is 11.3 Å². The minimum Gasteiger partial charge on any atom is -0.493 e. The molecule has 1 atom stereocenters. The van der Waals surface area contributed by atoms with Gasteiger partial charge in [-0.15, -0.1) is 11.3 Å². The molecule has 0 amide bonds. The van der Waals surface area contributed by atoms with Crippen molar-refractivity contribution in [3.63, 3.8) is 0 Å². The molecule has 0 aliphatic heterocycles. The third-order valence-corrected chi connectivity index (χ3v) is 6.31. The van der Waals surface area contributed by atoms with Crippen LogP contribution in [0.3, 0.4) is 0 Å². The summed E-state index contributed by atoms with van der Waals surface area (Å²) >= 11 is 1.62. The zero-order valence-electron chi connectivity index (χ0n) is 18.3. The Kier molecular flexibility index (Phi) is 6.87. The van der Waals surface area contributed by atoms with Crippen molar-refractivity contribution < 1.29 is 23.4 Å². The number of fused-ring (bicyclic) bond motifs is 1. The highest BCUT2D eigenvalue weighted by molar-refractivity contribution is 7.17. The molecular formula is C25H25NO5S. The first kappa shape index (κ1) is 22.0. The van der Waals surface area contributed by atoms with Gasteiger partial charge in [-0.05, 0) is 42.1 Å². The number of carbonyl (C=O) groups excluding carboxylic acids is 1. The van der Waals surface area contributed by atoms with Gasteiger partial charge >= 0.3 is 5.97 Å². The molecule has 0 unspecified atom stereocenters. The second-order valence-electron chi connectivity index (χ2n) is 7.32. The molecule has 0 N–H and O–H groups in total. The van der Waals surface area contributed by atoms with Crippen LogP contribution in [0, 0.1) is 6.92 Å². The number of nitrogens with zero attached hydrogens (tertiary/aromatic N) is 1. The smallest absolute Gasteiger partial charge is 0.335 e. The molecule has 0 spiro atoms. The van der Waals surface area contributed by atoms with E-state index in [1.165, 1.54) is 14.2 Å². The average Bonchev–Trinajstić information content (AvgIpc) is 3.46. The number of aryl methyl sites for hydroxylation is 1. The number of hydrogen-bond acceptors (Lipinski definition) is 7. The molecule has 2 heterocycles. The van der Waals surface area contributed by atoms with Crippen LogP contribution in [0.1, 0.15) is 17.0 Å². The van der Waals surface area contributed by atoms with Crippen LogP contribution in [0.4, 0.5) is 0 Å². The highest BCUT2D eigenvalue weighted by Crippen LogP contribution is 2.34. The molecular weight excluding hydrogens is 426 g/mol. The largest absolute Gasteiger partial charge is 0.493 e. The highest BCUT2D eigenvalue weighted by Gasteiger charge is 2.21. The van der Waals surface area contributed by atoms with E-state index in [1.807, 2.05) is 60.8 Å². The molecule has 0 fully saturated rings. The SMILES string of the molecule is COC(=O)[C@@H](Cc1ccc(OCCc2nc(-c3ccccc3)oc2C)c2ccsc12)OC. The van der Waals surface area contributed by atoms with E-state index < -0.39 is 6.10 Å². The zero-order chi connectivity index (χ0) is 22.5. The zero-order valence-corrected chi connectivity index (χ0v) is 19.1. The molecule has 0 aliphatic carbocycles. The molecule has 4 rings (SSSR count). The van der Waals surface area contributed by atoms with Crippen LogP contribution in [0.15, 0.2) is 58.3 Å². The van der Waals surface area contributed by atoms with Gasteiger partial charge in [-0.3, -0.25) is 0 Å². The van der Waals surface area contributed by atoms with Gasteiger partial charge in [-0.25, -0.2) is 9.78 Å². The topological polar surface area (TPSA) is 70.8 Å². The van der Waals surface area contributed by atoms with Gasteiger partial charge < -0.3 is 18.6 Å². The maximum Gasteiger partial charge on any atom is 0.335 e. The number of rotatable bonds is 9. The number of esters is 1. The van der Waals surface area contributed by atoms with Crippen molar-refractivity contribution in [1.82, 2.24) is 4.98 Å². The van der Waals surface area contributed by atoms with E-state index in [2.05, 4.69) is 4.98 Å². The van der Waals surface area contributed by atoms with Crippen molar-refractivity contribution in [2.45, 2.75) is 25.9 Å². The summed E-state index contributed by atoms with van der Waals surface area (Å²) < 4.78 is 23.2. The van der Waals surface area contributed by atoms with Gasteiger partial charge in [0.1, 0.15) is 11.5 Å². The number of hydrogen-bond donors (Lipinski definition) is 0. The summed E-state index contributed by atoms with van der Waals surface area (Å²) in [5, 5.41) is 3.04. The lowest BCUT2D eigenvalue weighted by molar-refractivity contribution is -0.152. The number of methoxy groups -OCH3 is 2. The first-order valence-electron chi connectivity index (χ1n) is 10.3. The Morgan fingerprint density at radius 3 is 2.69 bits per heavy atom. The third-order valence-electron chi connectivity index (χ3n) is 5.32. The molecule has 0 saturated heterocycles. The Morgan fingerprint density at radius 1 is 1.12 bits per heavy atom. The highest BCUT2D eigenvalue weighted by atomic mass is 32.1. The van der Waals surface area contributed by atoms with E-state index in [1.54, 1.807) is 11.3 Å². The summed E-state index contributed by atoms with van der Waals surface area (Å²) in [7, 11) is 2.88. The maximum absolute atomic E-state index is 11.9. The molecule has 0 bridgehead atoms. The fraction of sp³-hybridized carbons (Fsp3) is 0.280. The van der Waals surface area contributed by atoms with Crippen molar-refractivity contribution in [2.75, 3.05) is 20.8 Å². The summed E-state index contributed by atoms with van der Waals surface area (Å²) in [5.41, 5.74) is 2.88. The van der Waals surface area contributed by atoms with Gasteiger partial charge in [0.2, 0.25) is 5.89 Å². The van der Waals surface area contributed by atoms with E-state index in [0.717, 1.165) is 38.4 Å². The van der Waals surface area contributed by atoms with Crippen molar-refractivity contribution in [3.8, 4) is 17.2 Å². The summed E-state index contributed by atoms with van der Waals surface area (Å²) in [6.07, 6.45) is 0.454. The Labute approximate surface area is 190 Å². The van der Waals surface area contributed by atoms with E-state index in [0.29, 0.717) is 25.3 Å². The summed E-state index contributed by atoms with van der Waals surface area (Å²) in [5.74, 6) is 1.86. The van der Waals surface area contributed by atoms with E-state index in [-0.39, 0.29) is 5.97 Å². The molecule has 0 radical (unpaired) electrons. The third kappa shape index (κ3) is 4.69. The lowest BCUT2D eigenvalue weighted by atomic mass is 10.1. The Bertz CT molecular complexity index is 1200. The van der Waals surface area contributed by atoms with Crippen LogP contribution < -0.4 is 4.74 Å². The van der Waals surface area contributed by atoms with Crippen LogP contribution in [0.2, 0.25) is 0 Å². The van der Waals surface area contributed by atoms with Crippen LogP contribution in [0.5, 0.6) is 5.75 Å². The van der Waals surface area contributed by atoms with Gasteiger partial charge in [-0.2, -0.15) is 0 Å². The molecule has 4 aromatic rings. The number of aromatic nitrogens is 1. The number of benzene rings is 2. The molecule has 32 heavy (non-hydrogen) atoms. The van der Waals surface area contributed by atoms with Gasteiger partial charge in [-0.1, -0.05) is 24.3 Å². The van der Waals surface area contributed by atoms with Crippen molar-refractivity contribution in [3.05, 3.63) is 70.9 Å². The van der Waals surface area contributed by atoms with E-state index >= 15 is 0 Å². The lowest BCUT2D eigenvalue weighted by Gasteiger charge is -2.14. The first-order chi connectivity index (χ1) is 15.6. The molecule has 6 nitrogen and oxygen atoms in total. The van der Waals surface area contributed by atoms with Gasteiger partial charge in [0.05, 0.1) is 19.4 Å². The molecule has 0 aliphatic rings. The quantitative estimate of drug-likeness (QED) is 0.325. The molecule has 7 heteroatoms. The summed E-state index contributed by atoms with van der Waals surface area (Å²) in [6, 6.07) is 15.8. The minimum atomic E-state index is -0.633. The monoisotopic (exact) mass is 451 g/mol. The average molecular weight is 452 g/mol. The standard InChI is InChI=1S/C25H25NO5S/c1-16-20(26-24(31-16)17-7-5-4-6-8-17)11-13-30-21-10-9-18(23-19(21)12-14-32-23)15-22(28-2)25(27)29-3/h4-10,12,14,22H,11,13,15H2,1-3H3/t22-/m1/s1. The number of thiophene rings is 1. The second-order valence-corrected chi connectivity index (χ2v) is 8.24. The minimum absolute atomic E-state index is 0.379. The predicted octanol–water partition coefficient (Wildman–Crippen LogP) is 5.22. The van der Waals surface area contributed by atoms with Gasteiger partial charge in [0.15, 0.2) is 6.10 Å². The second kappa shape index (κ2) is 9.97. The number of ether oxygens (including phenoxy) is 3. The Balaban J connectivity index is 1.45. The predicted molar refractivity (Wildman–Crippen MR) is 124 cm³/mol. The normalized spacial score (nSPS) is 12.1. The van der Waals surface area contributed by atoms with Crippen molar-refractivity contribution in [2.24, 2.45) is 0 Å². The number of carbonyl (C=O) groups is 1. The maximum atomic E-state index is 11.9. The van der Waals surface area contributed by atoms with Crippen LogP contribution in [0.25, 0.3) is 21.5 Å². The lowest BCUT2D eigenvalue weighted by Crippen LogP contribution is -2.26. The fourth-order valence-electron chi connectivity index (χ4n) is 3.60. The molecule has 2 aromatic heterocycles. The van der Waals surface area contributed by atoms with Crippen molar-refractivity contribution >= 4 is 27.4 Å². The Morgan fingerprint density at radius 2 is 1.94 bits per heavy atom. The van der Waals surface area contributed by atoms with E-state index in [4.69, 9.17) is 18.6 Å². The molecule has 0 saturated carbocycles. The number of oxazole rings is 1. The van der Waals surface area contributed by atoms with Gasteiger partial charge in [0.25, 0.3) is 0 Å².